The highest BCUT2D eigenvalue weighted by Crippen LogP contribution is 2.26. The number of methoxy groups -OCH3 is 2. The van der Waals surface area contributed by atoms with Gasteiger partial charge >= 0.3 is 5.97 Å². The van der Waals surface area contributed by atoms with E-state index in [9.17, 15) is 14.7 Å². The van der Waals surface area contributed by atoms with Gasteiger partial charge in [0.25, 0.3) is 0 Å². The second-order valence-electron chi connectivity index (χ2n) is 4.08. The Bertz CT molecular complexity index is 702. The summed E-state index contributed by atoms with van der Waals surface area (Å²) < 4.78 is 9.63. The molecule has 0 amide bonds. The molecule has 110 valence electrons. The molecule has 1 N–H and O–H groups in total. The number of aliphatic carboxylic acids is 1. The predicted octanol–water partition coefficient (Wildman–Crippen LogP) is 1.95. The van der Waals surface area contributed by atoms with Gasteiger partial charge in [0.1, 0.15) is 10.4 Å². The average molecular weight is 307 g/mol. The number of fused-ring (bicyclic) bond motifs is 1. The van der Waals surface area contributed by atoms with Gasteiger partial charge in [0.05, 0.1) is 0 Å². The van der Waals surface area contributed by atoms with E-state index < -0.39 is 23.6 Å². The number of nitrogens with zero attached hydrogens (tertiary/aromatic N) is 1. The summed E-state index contributed by atoms with van der Waals surface area (Å²) in [4.78, 5) is 28.4. The van der Waals surface area contributed by atoms with Gasteiger partial charge in [-0.3, -0.25) is 4.79 Å². The quantitative estimate of drug-likeness (QED) is 0.380. The van der Waals surface area contributed by atoms with Gasteiger partial charge in [0.15, 0.2) is 0 Å². The highest BCUT2D eigenvalue weighted by atomic mass is 32.1. The van der Waals surface area contributed by atoms with E-state index in [0.29, 0.717) is 5.56 Å². The Hall–Kier alpha value is -2.09. The zero-order valence-corrected chi connectivity index (χ0v) is 12.2. The molecule has 0 saturated heterocycles. The van der Waals surface area contributed by atoms with Crippen molar-refractivity contribution in [2.45, 2.75) is 6.29 Å². The first-order valence-electron chi connectivity index (χ1n) is 5.95. The average Bonchev–Trinajstić information content (AvgIpc) is 2.88. The van der Waals surface area contributed by atoms with Crippen LogP contribution < -0.4 is 0 Å². The van der Waals surface area contributed by atoms with Crippen LogP contribution >= 0.6 is 11.3 Å². The van der Waals surface area contributed by atoms with Crippen LogP contribution in [0, 0.1) is 0 Å². The zero-order chi connectivity index (χ0) is 15.4. The van der Waals surface area contributed by atoms with Crippen molar-refractivity contribution in [3.8, 4) is 0 Å². The van der Waals surface area contributed by atoms with Crippen LogP contribution in [0.1, 0.15) is 5.56 Å². The summed E-state index contributed by atoms with van der Waals surface area (Å²) in [6, 6.07) is 3.57. The highest BCUT2D eigenvalue weighted by Gasteiger charge is 2.26. The smallest absolute Gasteiger partial charge is 0.339 e. The van der Waals surface area contributed by atoms with Gasteiger partial charge in [-0.1, -0.05) is 0 Å². The highest BCUT2D eigenvalue weighted by molar-refractivity contribution is 7.17. The molecule has 21 heavy (non-hydrogen) atoms. The molecule has 0 saturated carbocycles. The van der Waals surface area contributed by atoms with Crippen LogP contribution in [-0.4, -0.2) is 42.4 Å². The number of hydrogen-bond donors (Lipinski definition) is 1. The molecule has 2 heterocycles. The van der Waals surface area contributed by atoms with Crippen molar-refractivity contribution in [1.29, 1.82) is 0 Å². The van der Waals surface area contributed by atoms with Gasteiger partial charge in [0, 0.05) is 31.2 Å². The molecule has 2 rings (SSSR count). The van der Waals surface area contributed by atoms with Gasteiger partial charge in [0.2, 0.25) is 12.1 Å². The lowest BCUT2D eigenvalue weighted by Gasteiger charge is -2.12. The molecule has 0 aliphatic rings. The van der Waals surface area contributed by atoms with E-state index in [0.717, 1.165) is 10.2 Å². The molecule has 0 unspecified atom stereocenters. The van der Waals surface area contributed by atoms with Gasteiger partial charge < -0.3 is 14.6 Å². The Kier molecular flexibility index (Phi) is 4.79. The molecule has 0 aliphatic carbocycles. The number of hydrogen-bond acceptors (Lipinski definition) is 6. The summed E-state index contributed by atoms with van der Waals surface area (Å²) in [5.74, 6) is -2.07. The number of thiophene rings is 1. The van der Waals surface area contributed by atoms with Crippen molar-refractivity contribution in [2.75, 3.05) is 14.2 Å². The normalized spacial score (nSPS) is 12.0. The van der Waals surface area contributed by atoms with Crippen molar-refractivity contribution < 1.29 is 24.2 Å². The van der Waals surface area contributed by atoms with Crippen molar-refractivity contribution in [3.63, 3.8) is 0 Å². The molecular weight excluding hydrogens is 294 g/mol. The molecule has 0 fully saturated rings. The molecule has 0 spiro atoms. The molecule has 0 radical (unpaired) electrons. The standard InChI is InChI=1S/C14H13NO5S/c1-19-14(20-2)11(16)10(13(17)18)6-8-7-21-12-9(8)4-3-5-15-12/h3-7,14H,1-2H3,(H,17,18). The van der Waals surface area contributed by atoms with Crippen LogP contribution in [0.4, 0.5) is 0 Å². The monoisotopic (exact) mass is 307 g/mol. The molecule has 2 aromatic rings. The number of ether oxygens (including phenoxy) is 2. The van der Waals surface area contributed by atoms with Gasteiger partial charge in [-0.25, -0.2) is 9.78 Å². The van der Waals surface area contributed by atoms with Gasteiger partial charge in [-0.05, 0) is 23.8 Å². The Labute approximate surface area is 124 Å². The van der Waals surface area contributed by atoms with E-state index in [-0.39, 0.29) is 0 Å². The second kappa shape index (κ2) is 6.57. The van der Waals surface area contributed by atoms with Crippen LogP contribution in [0.25, 0.3) is 16.3 Å². The summed E-state index contributed by atoms with van der Waals surface area (Å²) >= 11 is 1.38. The van der Waals surface area contributed by atoms with E-state index >= 15 is 0 Å². The summed E-state index contributed by atoms with van der Waals surface area (Å²) in [6.45, 7) is 0. The van der Waals surface area contributed by atoms with E-state index in [1.54, 1.807) is 17.6 Å². The summed E-state index contributed by atoms with van der Waals surface area (Å²) in [5, 5.41) is 11.8. The SMILES string of the molecule is COC(OC)C(=O)C(=Cc1csc2ncccc12)C(=O)O. The van der Waals surface area contributed by atoms with Crippen LogP contribution in [0.15, 0.2) is 29.3 Å². The first-order valence-corrected chi connectivity index (χ1v) is 6.83. The minimum atomic E-state index is -1.33. The molecule has 0 atom stereocenters. The summed E-state index contributed by atoms with van der Waals surface area (Å²) in [7, 11) is 2.55. The Morgan fingerprint density at radius 3 is 2.71 bits per heavy atom. The molecule has 0 aliphatic heterocycles. The lowest BCUT2D eigenvalue weighted by atomic mass is 10.1. The van der Waals surface area contributed by atoms with Crippen LogP contribution in [0.3, 0.4) is 0 Å². The minimum absolute atomic E-state index is 0.396. The number of carbonyl (C=O) groups is 2. The van der Waals surface area contributed by atoms with Crippen molar-refractivity contribution in [2.24, 2.45) is 0 Å². The molecule has 7 heteroatoms. The maximum Gasteiger partial charge on any atom is 0.339 e. The number of pyridine rings is 1. The third kappa shape index (κ3) is 3.15. The molecule has 0 bridgehead atoms. The third-order valence-electron chi connectivity index (χ3n) is 2.82. The fourth-order valence-corrected chi connectivity index (χ4v) is 2.70. The minimum Gasteiger partial charge on any atom is -0.478 e. The number of ketones is 1. The second-order valence-corrected chi connectivity index (χ2v) is 4.94. The summed E-state index contributed by atoms with van der Waals surface area (Å²) in [6.07, 6.45) is 1.73. The van der Waals surface area contributed by atoms with E-state index in [4.69, 9.17) is 9.47 Å². The maximum absolute atomic E-state index is 12.1. The molecule has 2 aromatic heterocycles. The van der Waals surface area contributed by atoms with Crippen molar-refractivity contribution in [1.82, 2.24) is 4.98 Å². The Morgan fingerprint density at radius 1 is 1.38 bits per heavy atom. The third-order valence-corrected chi connectivity index (χ3v) is 3.74. The fraction of sp³-hybridized carbons (Fsp3) is 0.214. The Balaban J connectivity index is 2.47. The lowest BCUT2D eigenvalue weighted by molar-refractivity contribution is -0.154. The van der Waals surface area contributed by atoms with Crippen molar-refractivity contribution in [3.05, 3.63) is 34.8 Å². The largest absolute Gasteiger partial charge is 0.478 e. The van der Waals surface area contributed by atoms with Crippen LogP contribution in [-0.2, 0) is 19.1 Å². The van der Waals surface area contributed by atoms with E-state index in [1.165, 1.54) is 31.6 Å². The number of aromatic nitrogens is 1. The Morgan fingerprint density at radius 2 is 2.10 bits per heavy atom. The first kappa shape index (κ1) is 15.3. The number of Topliss-reactive ketones (excluding diaryl/α,β-unsaturated/α-hetero) is 1. The van der Waals surface area contributed by atoms with E-state index in [2.05, 4.69) is 4.98 Å². The van der Waals surface area contributed by atoms with Crippen LogP contribution in [0.2, 0.25) is 0 Å². The van der Waals surface area contributed by atoms with E-state index in [1.807, 2.05) is 6.07 Å². The van der Waals surface area contributed by atoms with Crippen molar-refractivity contribution >= 4 is 39.4 Å². The topological polar surface area (TPSA) is 85.7 Å². The number of carbonyl (C=O) groups excluding carboxylic acids is 1. The number of rotatable bonds is 6. The molecular formula is C14H13NO5S. The van der Waals surface area contributed by atoms with Gasteiger partial charge in [-0.2, -0.15) is 0 Å². The molecule has 6 nitrogen and oxygen atoms in total. The number of carboxylic acid groups (broad SMARTS) is 1. The zero-order valence-electron chi connectivity index (χ0n) is 11.4. The lowest BCUT2D eigenvalue weighted by Crippen LogP contribution is -2.29. The summed E-state index contributed by atoms with van der Waals surface area (Å²) in [5.41, 5.74) is 0.229. The van der Waals surface area contributed by atoms with Gasteiger partial charge in [-0.15, -0.1) is 11.3 Å². The first-order chi connectivity index (χ1) is 10.1. The maximum atomic E-state index is 12.1. The number of carboxylic acids is 1. The molecule has 0 aromatic carbocycles. The van der Waals surface area contributed by atoms with Crippen LogP contribution in [0.5, 0.6) is 0 Å². The fourth-order valence-electron chi connectivity index (χ4n) is 1.83. The predicted molar refractivity (Wildman–Crippen MR) is 78.0 cm³/mol.